The van der Waals surface area contributed by atoms with Crippen LogP contribution < -0.4 is 0 Å². The van der Waals surface area contributed by atoms with Gasteiger partial charge in [0.1, 0.15) is 43.2 Å². The van der Waals surface area contributed by atoms with E-state index in [4.69, 9.17) is 23.5 Å². The summed E-state index contributed by atoms with van der Waals surface area (Å²) in [5, 5.41) is 42.2. The van der Waals surface area contributed by atoms with Crippen LogP contribution in [-0.2, 0) is 32.8 Å². The predicted octanol–water partition coefficient (Wildman–Crippen LogP) is 0.393. The third-order valence-corrected chi connectivity index (χ3v) is 7.61. The summed E-state index contributed by atoms with van der Waals surface area (Å²) in [6.45, 7) is 2.86. The summed E-state index contributed by atoms with van der Waals surface area (Å²) >= 11 is 0. The van der Waals surface area contributed by atoms with Gasteiger partial charge in [-0.25, -0.2) is 4.57 Å². The second-order valence-electron chi connectivity index (χ2n) is 10.2. The first kappa shape index (κ1) is 31.0. The van der Waals surface area contributed by atoms with Gasteiger partial charge in [-0.2, -0.15) is 0 Å². The van der Waals surface area contributed by atoms with Crippen LogP contribution in [0.4, 0.5) is 0 Å². The van der Waals surface area contributed by atoms with Gasteiger partial charge in [0, 0.05) is 35.5 Å². The van der Waals surface area contributed by atoms with Crippen molar-refractivity contribution < 1.29 is 63.0 Å². The molecule has 3 heterocycles. The summed E-state index contributed by atoms with van der Waals surface area (Å²) in [7, 11) is -5.12. The predicted molar refractivity (Wildman–Crippen MR) is 137 cm³/mol. The third-order valence-electron chi connectivity index (χ3n) is 7.09. The van der Waals surface area contributed by atoms with Crippen molar-refractivity contribution >= 4 is 24.7 Å². The number of ether oxygens (including phenoxy) is 4. The van der Waals surface area contributed by atoms with Crippen molar-refractivity contribution in [3.8, 4) is 0 Å². The number of para-hydroxylation sites is 1. The van der Waals surface area contributed by atoms with Gasteiger partial charge in [0.15, 0.2) is 6.29 Å². The number of aromatic amines is 1. The van der Waals surface area contributed by atoms with Gasteiger partial charge in [-0.1, -0.05) is 18.2 Å². The molecule has 1 aromatic heterocycles. The van der Waals surface area contributed by atoms with E-state index >= 15 is 0 Å². The molecule has 2 saturated heterocycles. The molecule has 1 aromatic carbocycles. The van der Waals surface area contributed by atoms with Crippen LogP contribution in [0.3, 0.4) is 0 Å². The third kappa shape index (κ3) is 7.46. The Hall–Kier alpha value is -1.94. The highest BCUT2D eigenvalue weighted by Crippen LogP contribution is 2.44. The van der Waals surface area contributed by atoms with Crippen molar-refractivity contribution in [2.24, 2.45) is 0 Å². The standard InChI is InChI=1S/C25H36NO13P/c1-12(36-25-18(28)9-17(27)13(2)37-25)7-8-20(29)35-11-19-21(30)24(39-40(32,33)34)22(31)23(38-19)15-10-26-16-6-4-3-5-14(15)16/h3-6,10,12-13,17-19,21-28,30-31H,7-9,11H2,1-2H3,(H2,32,33,34)/t12-,13+,17-,18-,19-,21-,22+,23+,24+,25-/m1/s1. The number of rotatable bonds is 10. The van der Waals surface area contributed by atoms with Gasteiger partial charge in [0.25, 0.3) is 0 Å². The molecule has 0 spiro atoms. The minimum Gasteiger partial charge on any atom is -0.463 e. The summed E-state index contributed by atoms with van der Waals surface area (Å²) in [4.78, 5) is 34.2. The number of hydrogen-bond acceptors (Lipinski definition) is 11. The first-order valence-electron chi connectivity index (χ1n) is 13.0. The molecule has 224 valence electrons. The van der Waals surface area contributed by atoms with Crippen LogP contribution in [-0.4, -0.2) is 103 Å². The number of aliphatic hydroxyl groups excluding tert-OH is 4. The normalized spacial score (nSPS) is 34.0. The van der Waals surface area contributed by atoms with E-state index in [1.165, 1.54) is 0 Å². The topological polar surface area (TPSA) is 217 Å². The molecule has 0 amide bonds. The maximum absolute atomic E-state index is 12.5. The molecule has 7 N–H and O–H groups in total. The average molecular weight is 590 g/mol. The molecule has 0 unspecified atom stereocenters. The number of H-pyrrole nitrogens is 1. The lowest BCUT2D eigenvalue weighted by atomic mass is 9.91. The zero-order valence-corrected chi connectivity index (χ0v) is 22.9. The Morgan fingerprint density at radius 2 is 1.85 bits per heavy atom. The molecule has 2 fully saturated rings. The van der Waals surface area contributed by atoms with Crippen LogP contribution in [0.25, 0.3) is 10.9 Å². The SMILES string of the molecule is C[C@H](CCC(=O)OC[C@H]1O[C@@H](c2c[nH]c3ccccc23)[C@H](O)[C@@H](OP(=O)(O)O)[C@@H]1O)O[C@@H]1O[C@@H](C)[C@H](O)C[C@H]1O. The fourth-order valence-electron chi connectivity index (χ4n) is 4.87. The monoisotopic (exact) mass is 589 g/mol. The molecule has 0 bridgehead atoms. The van der Waals surface area contributed by atoms with Crippen LogP contribution in [0.5, 0.6) is 0 Å². The van der Waals surface area contributed by atoms with Crippen LogP contribution in [0.15, 0.2) is 30.5 Å². The van der Waals surface area contributed by atoms with Crippen LogP contribution in [0, 0.1) is 0 Å². The number of carbonyl (C=O) groups excluding carboxylic acids is 1. The van der Waals surface area contributed by atoms with Gasteiger partial charge in [0.2, 0.25) is 0 Å². The molecule has 40 heavy (non-hydrogen) atoms. The van der Waals surface area contributed by atoms with Crippen LogP contribution >= 0.6 is 7.82 Å². The summed E-state index contributed by atoms with van der Waals surface area (Å²) in [5.74, 6) is -0.664. The minimum absolute atomic E-state index is 0.0953. The molecular weight excluding hydrogens is 553 g/mol. The number of phosphoric acid groups is 1. The Morgan fingerprint density at radius 1 is 1.12 bits per heavy atom. The number of benzene rings is 1. The van der Waals surface area contributed by atoms with Gasteiger partial charge >= 0.3 is 13.8 Å². The van der Waals surface area contributed by atoms with E-state index in [9.17, 15) is 39.6 Å². The van der Waals surface area contributed by atoms with E-state index in [2.05, 4.69) is 4.98 Å². The van der Waals surface area contributed by atoms with Gasteiger partial charge < -0.3 is 54.1 Å². The fraction of sp³-hybridized carbons (Fsp3) is 0.640. The maximum Gasteiger partial charge on any atom is 0.470 e. The second-order valence-corrected chi connectivity index (χ2v) is 11.4. The minimum atomic E-state index is -5.12. The summed E-state index contributed by atoms with van der Waals surface area (Å²) < 4.78 is 38.6. The van der Waals surface area contributed by atoms with Crippen LogP contribution in [0.1, 0.15) is 44.8 Å². The molecule has 15 heteroatoms. The summed E-state index contributed by atoms with van der Waals surface area (Å²) in [6.07, 6.45) is -9.60. The van der Waals surface area contributed by atoms with Gasteiger partial charge in [-0.15, -0.1) is 0 Å². The average Bonchev–Trinajstić information content (AvgIpc) is 3.31. The number of aliphatic hydroxyl groups is 4. The first-order valence-corrected chi connectivity index (χ1v) is 14.5. The second kappa shape index (κ2) is 12.9. The van der Waals surface area contributed by atoms with Gasteiger partial charge in [-0.05, 0) is 26.3 Å². The molecule has 2 aromatic rings. The molecule has 10 atom stereocenters. The molecule has 4 rings (SSSR count). The largest absolute Gasteiger partial charge is 0.470 e. The molecule has 0 radical (unpaired) electrons. The first-order chi connectivity index (χ1) is 18.8. The highest BCUT2D eigenvalue weighted by molar-refractivity contribution is 7.46. The Bertz CT molecular complexity index is 1190. The van der Waals surface area contributed by atoms with Gasteiger partial charge in [0.05, 0.1) is 18.3 Å². The molecule has 2 aliphatic heterocycles. The summed E-state index contributed by atoms with van der Waals surface area (Å²) in [6, 6.07) is 7.12. The lowest BCUT2D eigenvalue weighted by Gasteiger charge is -2.42. The number of esters is 1. The lowest BCUT2D eigenvalue weighted by molar-refractivity contribution is -0.273. The van der Waals surface area contributed by atoms with Gasteiger partial charge in [-0.3, -0.25) is 9.32 Å². The van der Waals surface area contributed by atoms with Crippen molar-refractivity contribution in [3.05, 3.63) is 36.0 Å². The number of nitrogens with one attached hydrogen (secondary N) is 1. The van der Waals surface area contributed by atoms with Crippen LogP contribution in [0.2, 0.25) is 0 Å². The van der Waals surface area contributed by atoms with E-state index in [0.29, 0.717) is 10.9 Å². The number of fused-ring (bicyclic) bond motifs is 1. The molecule has 0 aliphatic carbocycles. The van der Waals surface area contributed by atoms with E-state index in [-0.39, 0.29) is 19.3 Å². The fourth-order valence-corrected chi connectivity index (χ4v) is 5.44. The van der Waals surface area contributed by atoms with Crippen molar-refractivity contribution in [2.75, 3.05) is 6.61 Å². The zero-order chi connectivity index (χ0) is 29.2. The Kier molecular flexibility index (Phi) is 10.0. The Labute approximate surface area is 230 Å². The van der Waals surface area contributed by atoms with E-state index in [1.807, 2.05) is 0 Å². The lowest BCUT2D eigenvalue weighted by Crippen LogP contribution is -2.56. The van der Waals surface area contributed by atoms with Crippen molar-refractivity contribution in [3.63, 3.8) is 0 Å². The summed E-state index contributed by atoms with van der Waals surface area (Å²) in [5.41, 5.74) is 1.19. The van der Waals surface area contributed by atoms with E-state index in [1.54, 1.807) is 44.3 Å². The van der Waals surface area contributed by atoms with Crippen molar-refractivity contribution in [1.82, 2.24) is 4.98 Å². The smallest absolute Gasteiger partial charge is 0.463 e. The van der Waals surface area contributed by atoms with Crippen molar-refractivity contribution in [2.45, 2.75) is 94.3 Å². The number of aromatic nitrogens is 1. The number of carbonyl (C=O) groups is 1. The maximum atomic E-state index is 12.5. The number of phosphoric ester groups is 1. The highest BCUT2D eigenvalue weighted by Gasteiger charge is 2.49. The Balaban J connectivity index is 1.37. The molecule has 14 nitrogen and oxygen atoms in total. The quantitative estimate of drug-likeness (QED) is 0.148. The highest BCUT2D eigenvalue weighted by atomic mass is 31.2. The van der Waals surface area contributed by atoms with E-state index < -0.39 is 81.6 Å². The Morgan fingerprint density at radius 3 is 2.58 bits per heavy atom. The molecular formula is C25H36NO13P. The number of hydrogen-bond donors (Lipinski definition) is 7. The molecule has 2 aliphatic rings. The zero-order valence-electron chi connectivity index (χ0n) is 22.0. The van der Waals surface area contributed by atoms with E-state index in [0.717, 1.165) is 5.52 Å². The molecule has 0 saturated carbocycles. The van der Waals surface area contributed by atoms with Crippen molar-refractivity contribution in [1.29, 1.82) is 0 Å².